The standard InChI is InChI=1S/C17H25N5OS/c1-4-21(5-2)14-9-7-13(8-10-14)16-19-20-17(22(16)6-3)24-12-11-15(18)23/h7-10H,4-6,11-12H2,1-3H3,(H2,18,23). The fourth-order valence-electron chi connectivity index (χ4n) is 2.55. The smallest absolute Gasteiger partial charge is 0.218 e. The van der Waals surface area contributed by atoms with E-state index >= 15 is 0 Å². The lowest BCUT2D eigenvalue weighted by Crippen LogP contribution is -2.21. The molecule has 6 nitrogen and oxygen atoms in total. The third kappa shape index (κ3) is 4.29. The lowest BCUT2D eigenvalue weighted by molar-refractivity contribution is -0.117. The highest BCUT2D eigenvalue weighted by molar-refractivity contribution is 7.99. The first-order chi connectivity index (χ1) is 11.6. The largest absolute Gasteiger partial charge is 0.372 e. The van der Waals surface area contributed by atoms with Crippen LogP contribution in [-0.2, 0) is 11.3 Å². The maximum absolute atomic E-state index is 10.9. The number of thioether (sulfide) groups is 1. The molecule has 2 N–H and O–H groups in total. The Morgan fingerprint density at radius 2 is 1.83 bits per heavy atom. The van der Waals surface area contributed by atoms with E-state index in [1.807, 2.05) is 0 Å². The number of carbonyl (C=O) groups is 1. The van der Waals surface area contributed by atoms with Gasteiger partial charge >= 0.3 is 0 Å². The second-order valence-electron chi connectivity index (χ2n) is 5.33. The van der Waals surface area contributed by atoms with Crippen LogP contribution in [0.15, 0.2) is 29.4 Å². The molecule has 2 aromatic rings. The van der Waals surface area contributed by atoms with E-state index in [1.165, 1.54) is 17.4 Å². The molecule has 0 saturated carbocycles. The van der Waals surface area contributed by atoms with Crippen LogP contribution in [0.3, 0.4) is 0 Å². The summed E-state index contributed by atoms with van der Waals surface area (Å²) in [5, 5.41) is 9.42. The summed E-state index contributed by atoms with van der Waals surface area (Å²) >= 11 is 1.51. The molecule has 0 aliphatic rings. The zero-order valence-electron chi connectivity index (χ0n) is 14.5. The van der Waals surface area contributed by atoms with E-state index in [0.717, 1.165) is 36.2 Å². The molecule has 0 bridgehead atoms. The Bertz CT molecular complexity index is 664. The Balaban J connectivity index is 2.19. The van der Waals surface area contributed by atoms with Crippen molar-refractivity contribution in [2.24, 2.45) is 5.73 Å². The van der Waals surface area contributed by atoms with Gasteiger partial charge in [-0.2, -0.15) is 0 Å². The van der Waals surface area contributed by atoms with Crippen LogP contribution in [-0.4, -0.2) is 39.5 Å². The van der Waals surface area contributed by atoms with Gasteiger partial charge < -0.3 is 15.2 Å². The molecule has 0 aliphatic carbocycles. The molecule has 1 heterocycles. The fourth-order valence-corrected chi connectivity index (χ4v) is 3.50. The first-order valence-electron chi connectivity index (χ1n) is 8.30. The van der Waals surface area contributed by atoms with Crippen molar-refractivity contribution >= 4 is 23.4 Å². The zero-order chi connectivity index (χ0) is 17.5. The third-order valence-corrected chi connectivity index (χ3v) is 4.84. The Hall–Kier alpha value is -2.02. The highest BCUT2D eigenvalue weighted by Gasteiger charge is 2.13. The van der Waals surface area contributed by atoms with Crippen LogP contribution in [0.1, 0.15) is 27.2 Å². The van der Waals surface area contributed by atoms with E-state index in [-0.39, 0.29) is 5.91 Å². The first-order valence-corrected chi connectivity index (χ1v) is 9.28. The van der Waals surface area contributed by atoms with E-state index < -0.39 is 0 Å². The number of amides is 1. The van der Waals surface area contributed by atoms with E-state index in [9.17, 15) is 4.79 Å². The molecule has 24 heavy (non-hydrogen) atoms. The minimum absolute atomic E-state index is 0.294. The van der Waals surface area contributed by atoms with Crippen LogP contribution in [0.5, 0.6) is 0 Å². The van der Waals surface area contributed by atoms with Gasteiger partial charge in [0, 0.05) is 43.1 Å². The second kappa shape index (κ2) is 8.73. The van der Waals surface area contributed by atoms with Gasteiger partial charge in [-0.05, 0) is 45.0 Å². The third-order valence-electron chi connectivity index (χ3n) is 3.87. The van der Waals surface area contributed by atoms with Gasteiger partial charge in [0.05, 0.1) is 0 Å². The van der Waals surface area contributed by atoms with Crippen molar-refractivity contribution in [2.75, 3.05) is 23.7 Å². The Labute approximate surface area is 147 Å². The van der Waals surface area contributed by atoms with Gasteiger partial charge in [-0.1, -0.05) is 11.8 Å². The first kappa shape index (κ1) is 18.3. The topological polar surface area (TPSA) is 77.0 Å². The number of benzene rings is 1. The number of hydrogen-bond donors (Lipinski definition) is 1. The van der Waals surface area contributed by atoms with Crippen LogP contribution in [0, 0.1) is 0 Å². The molecule has 2 rings (SSSR count). The van der Waals surface area contributed by atoms with Crippen LogP contribution >= 0.6 is 11.8 Å². The van der Waals surface area contributed by atoms with Crippen LogP contribution in [0.25, 0.3) is 11.4 Å². The number of primary amides is 1. The minimum Gasteiger partial charge on any atom is -0.372 e. The number of carbonyl (C=O) groups excluding carboxylic acids is 1. The van der Waals surface area contributed by atoms with Crippen molar-refractivity contribution in [3.63, 3.8) is 0 Å². The minimum atomic E-state index is -0.294. The summed E-state index contributed by atoms with van der Waals surface area (Å²) in [7, 11) is 0. The van der Waals surface area contributed by atoms with Gasteiger partial charge in [0.15, 0.2) is 11.0 Å². The summed E-state index contributed by atoms with van der Waals surface area (Å²) in [6.45, 7) is 9.12. The summed E-state index contributed by atoms with van der Waals surface area (Å²) in [4.78, 5) is 13.2. The molecule has 0 radical (unpaired) electrons. The lowest BCUT2D eigenvalue weighted by Gasteiger charge is -2.21. The monoisotopic (exact) mass is 347 g/mol. The van der Waals surface area contributed by atoms with E-state index in [2.05, 4.69) is 64.7 Å². The summed E-state index contributed by atoms with van der Waals surface area (Å²) in [6.07, 6.45) is 0.342. The van der Waals surface area contributed by atoms with E-state index in [4.69, 9.17) is 5.73 Å². The van der Waals surface area contributed by atoms with Crippen molar-refractivity contribution < 1.29 is 4.79 Å². The summed E-state index contributed by atoms with van der Waals surface area (Å²) in [5.41, 5.74) is 7.44. The van der Waals surface area contributed by atoms with Crippen molar-refractivity contribution in [1.29, 1.82) is 0 Å². The van der Waals surface area contributed by atoms with Gasteiger partial charge in [-0.3, -0.25) is 4.79 Å². The molecular formula is C17H25N5OS. The molecule has 1 aromatic carbocycles. The molecule has 1 aromatic heterocycles. The predicted molar refractivity (Wildman–Crippen MR) is 99.2 cm³/mol. The quantitative estimate of drug-likeness (QED) is 0.706. The van der Waals surface area contributed by atoms with Gasteiger partial charge in [-0.15, -0.1) is 10.2 Å². The molecule has 0 atom stereocenters. The number of nitrogens with two attached hydrogens (primary N) is 1. The molecular weight excluding hydrogens is 322 g/mol. The molecule has 1 amide bonds. The molecule has 0 unspecified atom stereocenters. The van der Waals surface area contributed by atoms with Crippen molar-refractivity contribution in [3.8, 4) is 11.4 Å². The van der Waals surface area contributed by atoms with Crippen LogP contribution in [0.4, 0.5) is 5.69 Å². The molecule has 0 spiro atoms. The maximum Gasteiger partial charge on any atom is 0.218 e. The maximum atomic E-state index is 10.9. The molecule has 7 heteroatoms. The SMILES string of the molecule is CCN(CC)c1ccc(-c2nnc(SCCC(N)=O)n2CC)cc1. The van der Waals surface area contributed by atoms with E-state index in [0.29, 0.717) is 12.2 Å². The van der Waals surface area contributed by atoms with Crippen LogP contribution < -0.4 is 10.6 Å². The highest BCUT2D eigenvalue weighted by Crippen LogP contribution is 2.26. The zero-order valence-corrected chi connectivity index (χ0v) is 15.3. The summed E-state index contributed by atoms with van der Waals surface area (Å²) in [5.74, 6) is 1.18. The summed E-state index contributed by atoms with van der Waals surface area (Å²) < 4.78 is 2.07. The fraction of sp³-hybridized carbons (Fsp3) is 0.471. The molecule has 0 aliphatic heterocycles. The highest BCUT2D eigenvalue weighted by atomic mass is 32.2. The van der Waals surface area contributed by atoms with Crippen LogP contribution in [0.2, 0.25) is 0 Å². The average Bonchev–Trinajstić information content (AvgIpc) is 2.99. The van der Waals surface area contributed by atoms with Gasteiger partial charge in [-0.25, -0.2) is 0 Å². The number of hydrogen-bond acceptors (Lipinski definition) is 5. The van der Waals surface area contributed by atoms with Gasteiger partial charge in [0.2, 0.25) is 5.91 Å². The summed E-state index contributed by atoms with van der Waals surface area (Å²) in [6, 6.07) is 8.41. The molecule has 0 saturated heterocycles. The Morgan fingerprint density at radius 3 is 2.38 bits per heavy atom. The number of anilines is 1. The normalized spacial score (nSPS) is 10.8. The molecule has 130 valence electrons. The van der Waals surface area contributed by atoms with Crippen molar-refractivity contribution in [2.45, 2.75) is 38.9 Å². The molecule has 0 fully saturated rings. The second-order valence-corrected chi connectivity index (χ2v) is 6.40. The lowest BCUT2D eigenvalue weighted by atomic mass is 10.2. The van der Waals surface area contributed by atoms with Gasteiger partial charge in [0.1, 0.15) is 0 Å². The number of nitrogens with zero attached hydrogens (tertiary/aromatic N) is 4. The number of aromatic nitrogens is 3. The van der Waals surface area contributed by atoms with E-state index in [1.54, 1.807) is 0 Å². The average molecular weight is 347 g/mol. The Kier molecular flexibility index (Phi) is 6.66. The number of rotatable bonds is 9. The van der Waals surface area contributed by atoms with Crippen molar-refractivity contribution in [1.82, 2.24) is 14.8 Å². The Morgan fingerprint density at radius 1 is 1.17 bits per heavy atom. The van der Waals surface area contributed by atoms with Crippen molar-refractivity contribution in [3.05, 3.63) is 24.3 Å². The predicted octanol–water partition coefficient (Wildman–Crippen LogP) is 2.78. The van der Waals surface area contributed by atoms with Gasteiger partial charge in [0.25, 0.3) is 0 Å².